The minimum atomic E-state index is -0.631. The van der Waals surface area contributed by atoms with Crippen molar-refractivity contribution in [2.24, 2.45) is 11.1 Å². The molecule has 6 heteroatoms. The molecule has 1 aliphatic rings. The van der Waals surface area contributed by atoms with Gasteiger partial charge >= 0.3 is 0 Å². The molecule has 2 atom stereocenters. The van der Waals surface area contributed by atoms with Gasteiger partial charge in [-0.1, -0.05) is 51.1 Å². The third kappa shape index (κ3) is 4.71. The van der Waals surface area contributed by atoms with E-state index in [0.29, 0.717) is 19.5 Å². The van der Waals surface area contributed by atoms with Gasteiger partial charge in [0.25, 0.3) is 0 Å². The molecule has 5 nitrogen and oxygen atoms in total. The van der Waals surface area contributed by atoms with Crippen molar-refractivity contribution in [3.8, 4) is 0 Å². The molecule has 2 unspecified atom stereocenters. The van der Waals surface area contributed by atoms with E-state index in [1.807, 2.05) is 35.2 Å². The van der Waals surface area contributed by atoms with Gasteiger partial charge < -0.3 is 16.0 Å². The number of nitrogens with zero attached hydrogens (tertiary/aromatic N) is 1. The highest BCUT2D eigenvalue weighted by molar-refractivity contribution is 5.88. The van der Waals surface area contributed by atoms with Crippen molar-refractivity contribution in [2.45, 2.75) is 45.7 Å². The van der Waals surface area contributed by atoms with Gasteiger partial charge in [-0.2, -0.15) is 0 Å². The average Bonchev–Trinajstić information content (AvgIpc) is 2.55. The SMILES string of the molecule is CCC(=O)NC(C(=O)N1CCC(N)C(C)(C)C1)c1ccccc1.Cl. The normalized spacial score (nSPS) is 20.7. The molecule has 24 heavy (non-hydrogen) atoms. The van der Waals surface area contributed by atoms with E-state index in [1.54, 1.807) is 6.92 Å². The highest BCUT2D eigenvalue weighted by Crippen LogP contribution is 2.29. The fourth-order valence-corrected chi connectivity index (χ4v) is 2.94. The molecule has 0 spiro atoms. The Balaban J connectivity index is 0.00000288. The molecule has 1 aliphatic heterocycles. The smallest absolute Gasteiger partial charge is 0.249 e. The number of rotatable bonds is 4. The lowest BCUT2D eigenvalue weighted by Gasteiger charge is -2.43. The minimum absolute atomic E-state index is 0. The third-order valence-corrected chi connectivity index (χ3v) is 4.63. The van der Waals surface area contributed by atoms with Crippen molar-refractivity contribution in [1.29, 1.82) is 0 Å². The van der Waals surface area contributed by atoms with Gasteiger partial charge in [0.05, 0.1) is 0 Å². The van der Waals surface area contributed by atoms with Crippen LogP contribution in [0.1, 0.15) is 45.2 Å². The number of likely N-dealkylation sites (tertiary alicyclic amines) is 1. The zero-order valence-corrected chi connectivity index (χ0v) is 15.4. The van der Waals surface area contributed by atoms with E-state index in [-0.39, 0.29) is 35.7 Å². The van der Waals surface area contributed by atoms with Gasteiger partial charge in [-0.05, 0) is 17.4 Å². The largest absolute Gasteiger partial charge is 0.341 e. The predicted molar refractivity (Wildman–Crippen MR) is 97.8 cm³/mol. The minimum Gasteiger partial charge on any atom is -0.341 e. The standard InChI is InChI=1S/C18H27N3O2.ClH/c1-4-15(22)20-16(13-8-6-5-7-9-13)17(23)21-11-10-14(19)18(2,3)12-21;/h5-9,14,16H,4,10-12,19H2,1-3H3,(H,20,22);1H. The monoisotopic (exact) mass is 353 g/mol. The Bertz CT molecular complexity index is 563. The first-order chi connectivity index (χ1) is 10.8. The first-order valence-corrected chi connectivity index (χ1v) is 8.24. The molecule has 2 amide bonds. The number of hydrogen-bond donors (Lipinski definition) is 2. The first kappa shape index (κ1) is 20.5. The summed E-state index contributed by atoms with van der Waals surface area (Å²) >= 11 is 0. The molecule has 1 heterocycles. The van der Waals surface area contributed by atoms with Crippen LogP contribution in [0.3, 0.4) is 0 Å². The van der Waals surface area contributed by atoms with Crippen LogP contribution in [0.5, 0.6) is 0 Å². The Morgan fingerprint density at radius 3 is 2.50 bits per heavy atom. The molecule has 1 aromatic rings. The molecule has 0 saturated carbocycles. The maximum absolute atomic E-state index is 13.0. The van der Waals surface area contributed by atoms with Crippen molar-refractivity contribution in [1.82, 2.24) is 10.2 Å². The first-order valence-electron chi connectivity index (χ1n) is 8.24. The summed E-state index contributed by atoms with van der Waals surface area (Å²) < 4.78 is 0. The van der Waals surface area contributed by atoms with Crippen LogP contribution in [0.2, 0.25) is 0 Å². The van der Waals surface area contributed by atoms with Crippen LogP contribution >= 0.6 is 12.4 Å². The lowest BCUT2D eigenvalue weighted by atomic mass is 9.79. The summed E-state index contributed by atoms with van der Waals surface area (Å²) in [5, 5.41) is 2.86. The summed E-state index contributed by atoms with van der Waals surface area (Å²) in [6.07, 6.45) is 1.13. The van der Waals surface area contributed by atoms with Gasteiger partial charge in [0.1, 0.15) is 6.04 Å². The molecule has 0 bridgehead atoms. The fourth-order valence-electron chi connectivity index (χ4n) is 2.94. The molecule has 134 valence electrons. The number of piperidine rings is 1. The number of hydrogen-bond acceptors (Lipinski definition) is 3. The fraction of sp³-hybridized carbons (Fsp3) is 0.556. The van der Waals surface area contributed by atoms with Crippen LogP contribution < -0.4 is 11.1 Å². The lowest BCUT2D eigenvalue weighted by Crippen LogP contribution is -2.56. The summed E-state index contributed by atoms with van der Waals surface area (Å²) in [4.78, 5) is 26.7. The number of carbonyl (C=O) groups is 2. The molecule has 0 aliphatic carbocycles. The summed E-state index contributed by atoms with van der Waals surface area (Å²) in [5.74, 6) is -0.182. The van der Waals surface area contributed by atoms with E-state index in [1.165, 1.54) is 0 Å². The number of amides is 2. The zero-order valence-electron chi connectivity index (χ0n) is 14.6. The van der Waals surface area contributed by atoms with Crippen LogP contribution in [0, 0.1) is 5.41 Å². The predicted octanol–water partition coefficient (Wildman–Crippen LogP) is 2.26. The zero-order chi connectivity index (χ0) is 17.0. The topological polar surface area (TPSA) is 75.4 Å². The highest BCUT2D eigenvalue weighted by Gasteiger charge is 2.37. The number of benzene rings is 1. The van der Waals surface area contributed by atoms with E-state index in [4.69, 9.17) is 5.73 Å². The highest BCUT2D eigenvalue weighted by atomic mass is 35.5. The van der Waals surface area contributed by atoms with E-state index >= 15 is 0 Å². The van der Waals surface area contributed by atoms with E-state index in [2.05, 4.69) is 19.2 Å². The average molecular weight is 354 g/mol. The molecule has 1 fully saturated rings. The lowest BCUT2D eigenvalue weighted by molar-refractivity contribution is -0.139. The summed E-state index contributed by atoms with van der Waals surface area (Å²) in [7, 11) is 0. The van der Waals surface area contributed by atoms with Crippen molar-refractivity contribution in [2.75, 3.05) is 13.1 Å². The van der Waals surface area contributed by atoms with Crippen LogP contribution in [0.15, 0.2) is 30.3 Å². The second-order valence-electron chi connectivity index (χ2n) is 6.91. The van der Waals surface area contributed by atoms with E-state index in [0.717, 1.165) is 12.0 Å². The molecule has 2 rings (SSSR count). The van der Waals surface area contributed by atoms with Crippen LogP contribution in [-0.4, -0.2) is 35.8 Å². The van der Waals surface area contributed by atoms with E-state index in [9.17, 15) is 9.59 Å². The quantitative estimate of drug-likeness (QED) is 0.871. The van der Waals surface area contributed by atoms with Gasteiger partial charge in [0.2, 0.25) is 11.8 Å². The molecular formula is C18H28ClN3O2. The Morgan fingerprint density at radius 2 is 1.96 bits per heavy atom. The van der Waals surface area contributed by atoms with Gasteiger partial charge in [-0.25, -0.2) is 0 Å². The number of halogens is 1. The van der Waals surface area contributed by atoms with E-state index < -0.39 is 6.04 Å². The Labute approximate surface area is 150 Å². The van der Waals surface area contributed by atoms with Gasteiger partial charge in [0.15, 0.2) is 0 Å². The van der Waals surface area contributed by atoms with Crippen molar-refractivity contribution >= 4 is 24.2 Å². The van der Waals surface area contributed by atoms with Crippen LogP contribution in [-0.2, 0) is 9.59 Å². The Hall–Kier alpha value is -1.59. The van der Waals surface area contributed by atoms with Gasteiger partial charge in [-0.3, -0.25) is 9.59 Å². The number of nitrogens with one attached hydrogen (secondary N) is 1. The molecule has 1 aromatic carbocycles. The van der Waals surface area contributed by atoms with Gasteiger partial charge in [-0.15, -0.1) is 12.4 Å². The van der Waals surface area contributed by atoms with Crippen molar-refractivity contribution in [3.05, 3.63) is 35.9 Å². The molecule has 1 saturated heterocycles. The second-order valence-corrected chi connectivity index (χ2v) is 6.91. The maximum atomic E-state index is 13.0. The summed E-state index contributed by atoms with van der Waals surface area (Å²) in [5.41, 5.74) is 6.85. The summed E-state index contributed by atoms with van der Waals surface area (Å²) in [6, 6.07) is 8.86. The maximum Gasteiger partial charge on any atom is 0.249 e. The molecule has 0 aromatic heterocycles. The number of nitrogens with two attached hydrogens (primary N) is 1. The van der Waals surface area contributed by atoms with Crippen molar-refractivity contribution < 1.29 is 9.59 Å². The third-order valence-electron chi connectivity index (χ3n) is 4.63. The molecule has 3 N–H and O–H groups in total. The second kappa shape index (κ2) is 8.49. The van der Waals surface area contributed by atoms with Crippen molar-refractivity contribution in [3.63, 3.8) is 0 Å². The molecular weight excluding hydrogens is 326 g/mol. The van der Waals surface area contributed by atoms with Gasteiger partial charge in [0, 0.05) is 25.6 Å². The van der Waals surface area contributed by atoms with Crippen LogP contribution in [0.4, 0.5) is 0 Å². The molecule has 0 radical (unpaired) electrons. The number of carbonyl (C=O) groups excluding carboxylic acids is 2. The Morgan fingerprint density at radius 1 is 1.33 bits per heavy atom. The summed E-state index contributed by atoms with van der Waals surface area (Å²) in [6.45, 7) is 7.19. The van der Waals surface area contributed by atoms with Crippen LogP contribution in [0.25, 0.3) is 0 Å². The Kier molecular flexibility index (Phi) is 7.24.